The first kappa shape index (κ1) is 21.3. The van der Waals surface area contributed by atoms with Gasteiger partial charge in [-0.3, -0.25) is 4.79 Å². The van der Waals surface area contributed by atoms with Crippen LogP contribution in [0, 0.1) is 0 Å². The van der Waals surface area contributed by atoms with Crippen LogP contribution in [0.3, 0.4) is 0 Å². The Morgan fingerprint density at radius 1 is 1.19 bits per heavy atom. The molecule has 2 aromatic rings. The van der Waals surface area contributed by atoms with Gasteiger partial charge in [0.2, 0.25) is 16.0 Å². The molecule has 0 spiro atoms. The van der Waals surface area contributed by atoms with Gasteiger partial charge in [-0.15, -0.1) is 0 Å². The molecule has 31 heavy (non-hydrogen) atoms. The molecule has 1 amide bonds. The second kappa shape index (κ2) is 8.31. The third-order valence-electron chi connectivity index (χ3n) is 5.45. The topological polar surface area (TPSA) is 134 Å². The molecular weight excluding hydrogens is 418 g/mol. The van der Waals surface area contributed by atoms with E-state index in [1.54, 1.807) is 4.31 Å². The molecule has 10 nitrogen and oxygen atoms in total. The molecule has 1 atom stereocenters. The molecule has 4 N–H and O–H groups in total. The zero-order valence-corrected chi connectivity index (χ0v) is 18.4. The first-order valence-electron chi connectivity index (χ1n) is 10.2. The summed E-state index contributed by atoms with van der Waals surface area (Å²) < 4.78 is 25.3. The van der Waals surface area contributed by atoms with Gasteiger partial charge in [0.05, 0.1) is 11.8 Å². The Morgan fingerprint density at radius 3 is 2.48 bits per heavy atom. The highest BCUT2D eigenvalue weighted by molar-refractivity contribution is 7.88. The van der Waals surface area contributed by atoms with Crippen LogP contribution in [-0.4, -0.2) is 66.6 Å². The van der Waals surface area contributed by atoms with Crippen LogP contribution in [0.15, 0.2) is 30.5 Å². The lowest BCUT2D eigenvalue weighted by Gasteiger charge is -2.39. The number of amides is 1. The van der Waals surface area contributed by atoms with E-state index in [2.05, 4.69) is 25.5 Å². The number of nitrogens with one attached hydrogen (secondary N) is 2. The number of hydrogen-bond acceptors (Lipinski definition) is 8. The van der Waals surface area contributed by atoms with E-state index in [0.717, 1.165) is 24.2 Å². The summed E-state index contributed by atoms with van der Waals surface area (Å²) in [7, 11) is -3.19. The molecule has 4 rings (SSSR count). The highest BCUT2D eigenvalue weighted by atomic mass is 32.2. The largest absolute Gasteiger partial charge is 0.369 e. The number of aromatic nitrogens is 2. The Morgan fingerprint density at radius 2 is 1.90 bits per heavy atom. The molecule has 1 aromatic heterocycles. The van der Waals surface area contributed by atoms with Crippen molar-refractivity contribution in [3.8, 4) is 0 Å². The molecule has 1 aliphatic heterocycles. The maximum Gasteiger partial charge on any atom is 0.254 e. The first-order valence-corrected chi connectivity index (χ1v) is 12.1. The molecule has 2 fully saturated rings. The van der Waals surface area contributed by atoms with Crippen molar-refractivity contribution >= 4 is 39.1 Å². The summed E-state index contributed by atoms with van der Waals surface area (Å²) in [6.45, 7) is 3.66. The summed E-state index contributed by atoms with van der Waals surface area (Å²) in [6.07, 6.45) is 4.77. The monoisotopic (exact) mass is 445 g/mol. The van der Waals surface area contributed by atoms with Gasteiger partial charge in [-0.1, -0.05) is 0 Å². The van der Waals surface area contributed by atoms with E-state index >= 15 is 0 Å². The second-order valence-electron chi connectivity index (χ2n) is 8.08. The quantitative estimate of drug-likeness (QED) is 0.582. The molecule has 1 aromatic carbocycles. The van der Waals surface area contributed by atoms with E-state index < -0.39 is 15.9 Å². The minimum Gasteiger partial charge on any atom is -0.369 e. The smallest absolute Gasteiger partial charge is 0.254 e. The number of carbonyl (C=O) groups excluding carboxylic acids is 1. The van der Waals surface area contributed by atoms with Gasteiger partial charge in [-0.25, -0.2) is 13.4 Å². The van der Waals surface area contributed by atoms with Crippen LogP contribution in [0.4, 0.5) is 23.1 Å². The second-order valence-corrected chi connectivity index (χ2v) is 10.0. The summed E-state index contributed by atoms with van der Waals surface area (Å²) in [6, 6.07) is 8.03. The van der Waals surface area contributed by atoms with Gasteiger partial charge in [0.25, 0.3) is 5.91 Å². The number of benzene rings is 1. The Kier molecular flexibility index (Phi) is 5.71. The van der Waals surface area contributed by atoms with Crippen molar-refractivity contribution in [3.05, 3.63) is 36.0 Å². The van der Waals surface area contributed by atoms with Gasteiger partial charge in [-0.2, -0.15) is 9.29 Å². The molecule has 2 heterocycles. The lowest BCUT2D eigenvalue weighted by atomic mass is 10.2. The molecular formula is C20H27N7O3S. The Bertz CT molecular complexity index is 1070. The molecule has 166 valence electrons. The maximum absolute atomic E-state index is 11.9. The lowest BCUT2D eigenvalue weighted by Crippen LogP contribution is -2.53. The fourth-order valence-electron chi connectivity index (χ4n) is 3.71. The average Bonchev–Trinajstić information content (AvgIpc) is 3.51. The van der Waals surface area contributed by atoms with Crippen LogP contribution in [0.2, 0.25) is 0 Å². The molecule has 1 aliphatic carbocycles. The Hall–Kier alpha value is -2.92. The normalized spacial score (nSPS) is 19.8. The molecule has 1 saturated carbocycles. The third kappa shape index (κ3) is 5.05. The SMILES string of the molecule is C[C@@H]1CN(c2ccc(Nc3ncc(C(N)=O)c(NC4CC4)n3)cc2)CCN1S(C)(=O)=O. The van der Waals surface area contributed by atoms with E-state index in [-0.39, 0.29) is 11.6 Å². The summed E-state index contributed by atoms with van der Waals surface area (Å²) in [5.74, 6) is 0.252. The zero-order valence-electron chi connectivity index (χ0n) is 17.6. The van der Waals surface area contributed by atoms with Gasteiger partial charge in [0.15, 0.2) is 0 Å². The number of sulfonamides is 1. The van der Waals surface area contributed by atoms with Crippen molar-refractivity contribution in [2.45, 2.75) is 31.8 Å². The van der Waals surface area contributed by atoms with Crippen LogP contribution in [0.1, 0.15) is 30.1 Å². The molecule has 1 saturated heterocycles. The summed E-state index contributed by atoms with van der Waals surface area (Å²) in [4.78, 5) is 22.4. The number of carbonyl (C=O) groups is 1. The number of nitrogens with two attached hydrogens (primary N) is 1. The minimum atomic E-state index is -3.19. The van der Waals surface area contributed by atoms with Crippen molar-refractivity contribution in [1.29, 1.82) is 0 Å². The van der Waals surface area contributed by atoms with Crippen LogP contribution in [-0.2, 0) is 10.0 Å². The predicted octanol–water partition coefficient (Wildman–Crippen LogP) is 1.36. The fourth-order valence-corrected chi connectivity index (χ4v) is 4.84. The highest BCUT2D eigenvalue weighted by Gasteiger charge is 2.30. The van der Waals surface area contributed by atoms with Gasteiger partial charge in [0, 0.05) is 49.3 Å². The minimum absolute atomic E-state index is 0.0869. The maximum atomic E-state index is 11.9. The van der Waals surface area contributed by atoms with Crippen LogP contribution >= 0.6 is 0 Å². The predicted molar refractivity (Wildman–Crippen MR) is 120 cm³/mol. The number of hydrogen-bond donors (Lipinski definition) is 3. The number of nitrogens with zero attached hydrogens (tertiary/aromatic N) is 4. The summed E-state index contributed by atoms with van der Waals surface area (Å²) in [5.41, 5.74) is 7.52. The number of rotatable bonds is 7. The average molecular weight is 446 g/mol. The van der Waals surface area contributed by atoms with Gasteiger partial charge in [-0.05, 0) is 44.0 Å². The van der Waals surface area contributed by atoms with Gasteiger partial charge in [0.1, 0.15) is 5.82 Å². The summed E-state index contributed by atoms with van der Waals surface area (Å²) >= 11 is 0. The van der Waals surface area contributed by atoms with Crippen molar-refractivity contribution in [1.82, 2.24) is 14.3 Å². The lowest BCUT2D eigenvalue weighted by molar-refractivity contribution is 0.100. The molecule has 0 bridgehead atoms. The van der Waals surface area contributed by atoms with Gasteiger partial charge < -0.3 is 21.3 Å². The number of piperazine rings is 1. The van der Waals surface area contributed by atoms with Crippen LogP contribution in [0.25, 0.3) is 0 Å². The van der Waals surface area contributed by atoms with Gasteiger partial charge >= 0.3 is 0 Å². The van der Waals surface area contributed by atoms with Crippen molar-refractivity contribution in [2.24, 2.45) is 5.73 Å². The van der Waals surface area contributed by atoms with Crippen molar-refractivity contribution < 1.29 is 13.2 Å². The zero-order chi connectivity index (χ0) is 22.2. The fraction of sp³-hybridized carbons (Fsp3) is 0.450. The van der Waals surface area contributed by atoms with E-state index in [0.29, 0.717) is 37.4 Å². The highest BCUT2D eigenvalue weighted by Crippen LogP contribution is 2.27. The standard InChI is InChI=1S/C20H27N7O3S/c1-13-12-26(9-10-27(13)31(2,29)30)16-7-5-15(6-8-16)24-20-22-11-17(18(21)28)19(25-20)23-14-3-4-14/h5-8,11,13-14H,3-4,9-10,12H2,1-2H3,(H2,21,28)(H2,22,23,24,25)/t13-/m1/s1. The van der Waals surface area contributed by atoms with Crippen LogP contribution in [0.5, 0.6) is 0 Å². The summed E-state index contributed by atoms with van der Waals surface area (Å²) in [5, 5.41) is 6.37. The molecule has 2 aliphatic rings. The van der Waals surface area contributed by atoms with E-state index in [4.69, 9.17) is 5.73 Å². The number of primary amides is 1. The Balaban J connectivity index is 1.44. The molecule has 0 unspecified atom stereocenters. The van der Waals surface area contributed by atoms with E-state index in [1.807, 2.05) is 31.2 Å². The van der Waals surface area contributed by atoms with Crippen molar-refractivity contribution in [2.75, 3.05) is 41.4 Å². The van der Waals surface area contributed by atoms with E-state index in [9.17, 15) is 13.2 Å². The van der Waals surface area contributed by atoms with Crippen molar-refractivity contribution in [3.63, 3.8) is 0 Å². The molecule has 0 radical (unpaired) electrons. The molecule has 11 heteroatoms. The first-order chi connectivity index (χ1) is 14.7. The Labute approximate surface area is 181 Å². The third-order valence-corrected chi connectivity index (χ3v) is 6.85. The van der Waals surface area contributed by atoms with E-state index in [1.165, 1.54) is 12.5 Å². The number of anilines is 4. The van der Waals surface area contributed by atoms with Crippen LogP contribution < -0.4 is 21.3 Å².